The molecular weight excluding hydrogens is 234 g/mol. The monoisotopic (exact) mass is 255 g/mol. The van der Waals surface area contributed by atoms with E-state index in [0.29, 0.717) is 0 Å². The molecule has 0 spiro atoms. The molecule has 0 bridgehead atoms. The molecule has 0 fully saturated rings. The molecule has 1 aromatic rings. The Balaban J connectivity index is 2.72. The van der Waals surface area contributed by atoms with Crippen LogP contribution in [0.3, 0.4) is 0 Å². The molecule has 0 aliphatic rings. The van der Waals surface area contributed by atoms with E-state index >= 15 is 0 Å². The normalized spacial score (nSPS) is 12.8. The number of para-hydroxylation sites is 1. The lowest BCUT2D eigenvalue weighted by molar-refractivity contribution is -0.109. The van der Waals surface area contributed by atoms with Gasteiger partial charge in [0.15, 0.2) is 6.29 Å². The van der Waals surface area contributed by atoms with Gasteiger partial charge in [-0.25, -0.2) is 0 Å². The SMILES string of the molecule is CCSc1ccccc1NC(C)C(OC)OC. The van der Waals surface area contributed by atoms with Crippen LogP contribution < -0.4 is 5.32 Å². The van der Waals surface area contributed by atoms with Crippen LogP contribution in [-0.4, -0.2) is 32.3 Å². The lowest BCUT2D eigenvalue weighted by Gasteiger charge is -2.24. The van der Waals surface area contributed by atoms with E-state index in [0.717, 1.165) is 11.4 Å². The van der Waals surface area contributed by atoms with Gasteiger partial charge in [-0.3, -0.25) is 0 Å². The van der Waals surface area contributed by atoms with E-state index in [-0.39, 0.29) is 12.3 Å². The standard InChI is InChI=1S/C13H21NO2S/c1-5-17-12-9-7-6-8-11(12)14-10(2)13(15-3)16-4/h6-10,13-14H,5H2,1-4H3. The van der Waals surface area contributed by atoms with Gasteiger partial charge < -0.3 is 14.8 Å². The summed E-state index contributed by atoms with van der Waals surface area (Å²) < 4.78 is 10.5. The summed E-state index contributed by atoms with van der Waals surface area (Å²) in [5.41, 5.74) is 1.13. The first-order valence-electron chi connectivity index (χ1n) is 5.76. The number of thioether (sulfide) groups is 1. The van der Waals surface area contributed by atoms with E-state index in [1.165, 1.54) is 4.90 Å². The van der Waals surface area contributed by atoms with Crippen molar-refractivity contribution in [3.05, 3.63) is 24.3 Å². The molecule has 0 amide bonds. The number of hydrogen-bond acceptors (Lipinski definition) is 4. The highest BCUT2D eigenvalue weighted by Gasteiger charge is 2.16. The highest BCUT2D eigenvalue weighted by Crippen LogP contribution is 2.27. The van der Waals surface area contributed by atoms with Gasteiger partial charge in [-0.05, 0) is 24.8 Å². The molecule has 1 rings (SSSR count). The fourth-order valence-corrected chi connectivity index (χ4v) is 2.45. The summed E-state index contributed by atoms with van der Waals surface area (Å²) in [6.45, 7) is 4.20. The zero-order valence-electron chi connectivity index (χ0n) is 10.9. The Kier molecular flexibility index (Phi) is 6.40. The summed E-state index contributed by atoms with van der Waals surface area (Å²) in [4.78, 5) is 1.26. The summed E-state index contributed by atoms with van der Waals surface area (Å²) in [5.74, 6) is 1.06. The highest BCUT2D eigenvalue weighted by atomic mass is 32.2. The summed E-state index contributed by atoms with van der Waals surface area (Å²) >= 11 is 1.83. The Bertz CT molecular complexity index is 329. The predicted molar refractivity (Wildman–Crippen MR) is 73.7 cm³/mol. The molecule has 96 valence electrons. The molecule has 0 saturated carbocycles. The van der Waals surface area contributed by atoms with Gasteiger partial charge in [-0.2, -0.15) is 0 Å². The molecule has 0 aliphatic heterocycles. The van der Waals surface area contributed by atoms with Gasteiger partial charge in [0, 0.05) is 24.8 Å². The van der Waals surface area contributed by atoms with Gasteiger partial charge in [0.1, 0.15) is 0 Å². The van der Waals surface area contributed by atoms with Gasteiger partial charge in [0.2, 0.25) is 0 Å². The zero-order chi connectivity index (χ0) is 12.7. The second-order valence-electron chi connectivity index (χ2n) is 3.70. The number of methoxy groups -OCH3 is 2. The highest BCUT2D eigenvalue weighted by molar-refractivity contribution is 7.99. The minimum atomic E-state index is -0.241. The maximum Gasteiger partial charge on any atom is 0.176 e. The zero-order valence-corrected chi connectivity index (χ0v) is 11.7. The number of rotatable bonds is 7. The van der Waals surface area contributed by atoms with Crippen LogP contribution in [0, 0.1) is 0 Å². The molecule has 1 aromatic carbocycles. The third-order valence-electron chi connectivity index (χ3n) is 2.44. The van der Waals surface area contributed by atoms with E-state index in [1.807, 2.05) is 24.8 Å². The van der Waals surface area contributed by atoms with Crippen LogP contribution in [0.5, 0.6) is 0 Å². The average molecular weight is 255 g/mol. The molecule has 0 heterocycles. The third kappa shape index (κ3) is 4.22. The quantitative estimate of drug-likeness (QED) is 0.598. The van der Waals surface area contributed by atoms with Crippen LogP contribution in [0.15, 0.2) is 29.2 Å². The molecule has 0 saturated heterocycles. The number of hydrogen-bond donors (Lipinski definition) is 1. The Morgan fingerprint density at radius 1 is 1.24 bits per heavy atom. The summed E-state index contributed by atoms with van der Waals surface area (Å²) in [6.07, 6.45) is -0.241. The van der Waals surface area contributed by atoms with E-state index in [2.05, 4.69) is 30.4 Å². The minimum Gasteiger partial charge on any atom is -0.377 e. The number of ether oxygens (including phenoxy) is 2. The Morgan fingerprint density at radius 3 is 2.47 bits per heavy atom. The van der Waals surface area contributed by atoms with Gasteiger partial charge in [-0.15, -0.1) is 11.8 Å². The van der Waals surface area contributed by atoms with Crippen molar-refractivity contribution in [1.82, 2.24) is 0 Å². The van der Waals surface area contributed by atoms with Gasteiger partial charge in [0.25, 0.3) is 0 Å². The van der Waals surface area contributed by atoms with Crippen LogP contribution in [0.25, 0.3) is 0 Å². The molecule has 1 atom stereocenters. The lowest BCUT2D eigenvalue weighted by Crippen LogP contribution is -2.33. The van der Waals surface area contributed by atoms with Crippen LogP contribution in [0.2, 0.25) is 0 Å². The summed E-state index contributed by atoms with van der Waals surface area (Å²) in [6, 6.07) is 8.39. The van der Waals surface area contributed by atoms with Crippen LogP contribution in [-0.2, 0) is 9.47 Å². The molecule has 4 heteroatoms. The Hall–Kier alpha value is -0.710. The van der Waals surface area contributed by atoms with Crippen molar-refractivity contribution in [3.8, 4) is 0 Å². The van der Waals surface area contributed by atoms with Crippen molar-refractivity contribution in [1.29, 1.82) is 0 Å². The smallest absolute Gasteiger partial charge is 0.176 e. The first-order chi connectivity index (χ1) is 8.22. The summed E-state index contributed by atoms with van der Waals surface area (Å²) in [7, 11) is 3.30. The summed E-state index contributed by atoms with van der Waals surface area (Å²) in [5, 5.41) is 3.43. The minimum absolute atomic E-state index is 0.101. The fraction of sp³-hybridized carbons (Fsp3) is 0.538. The van der Waals surface area contributed by atoms with Crippen molar-refractivity contribution in [3.63, 3.8) is 0 Å². The molecular formula is C13H21NO2S. The van der Waals surface area contributed by atoms with E-state index in [9.17, 15) is 0 Å². The molecule has 3 nitrogen and oxygen atoms in total. The van der Waals surface area contributed by atoms with Crippen molar-refractivity contribution >= 4 is 17.4 Å². The van der Waals surface area contributed by atoms with E-state index in [4.69, 9.17) is 9.47 Å². The average Bonchev–Trinajstić information content (AvgIpc) is 2.33. The molecule has 0 aliphatic carbocycles. The molecule has 0 aromatic heterocycles. The fourth-order valence-electron chi connectivity index (χ4n) is 1.69. The van der Waals surface area contributed by atoms with Crippen molar-refractivity contribution < 1.29 is 9.47 Å². The molecule has 0 radical (unpaired) electrons. The maximum atomic E-state index is 5.24. The largest absolute Gasteiger partial charge is 0.377 e. The van der Waals surface area contributed by atoms with Gasteiger partial charge in [0.05, 0.1) is 6.04 Å². The first-order valence-corrected chi connectivity index (χ1v) is 6.75. The van der Waals surface area contributed by atoms with Crippen molar-refractivity contribution in [2.75, 3.05) is 25.3 Å². The Labute approximate surface area is 108 Å². The second kappa shape index (κ2) is 7.58. The van der Waals surface area contributed by atoms with Crippen molar-refractivity contribution in [2.24, 2.45) is 0 Å². The number of benzene rings is 1. The van der Waals surface area contributed by atoms with Crippen LogP contribution >= 0.6 is 11.8 Å². The maximum absolute atomic E-state index is 5.24. The van der Waals surface area contributed by atoms with Gasteiger partial charge in [-0.1, -0.05) is 19.1 Å². The topological polar surface area (TPSA) is 30.5 Å². The molecule has 1 unspecified atom stereocenters. The third-order valence-corrected chi connectivity index (χ3v) is 3.40. The van der Waals surface area contributed by atoms with Crippen LogP contribution in [0.4, 0.5) is 5.69 Å². The lowest BCUT2D eigenvalue weighted by atomic mass is 10.2. The number of nitrogens with one attached hydrogen (secondary N) is 1. The Morgan fingerprint density at radius 2 is 1.88 bits per heavy atom. The first kappa shape index (κ1) is 14.4. The molecule has 17 heavy (non-hydrogen) atoms. The molecule has 1 N–H and O–H groups in total. The van der Waals surface area contributed by atoms with Crippen molar-refractivity contribution in [2.45, 2.75) is 31.1 Å². The van der Waals surface area contributed by atoms with Crippen LogP contribution in [0.1, 0.15) is 13.8 Å². The van der Waals surface area contributed by atoms with E-state index in [1.54, 1.807) is 14.2 Å². The van der Waals surface area contributed by atoms with E-state index < -0.39 is 0 Å². The van der Waals surface area contributed by atoms with Gasteiger partial charge >= 0.3 is 0 Å². The number of anilines is 1. The second-order valence-corrected chi connectivity index (χ2v) is 5.01. The predicted octanol–water partition coefficient (Wildman–Crippen LogP) is 3.22.